The maximum Gasteiger partial charge on any atom is 0.311 e. The van der Waals surface area contributed by atoms with Crippen LogP contribution >= 0.6 is 0 Å². The van der Waals surface area contributed by atoms with Crippen molar-refractivity contribution in [2.24, 2.45) is 17.8 Å². The van der Waals surface area contributed by atoms with Gasteiger partial charge in [0.05, 0.1) is 41.9 Å². The maximum absolute atomic E-state index is 14.3. The summed E-state index contributed by atoms with van der Waals surface area (Å²) in [5.41, 5.74) is -2.95. The highest BCUT2D eigenvalue weighted by Gasteiger charge is 2.56. The molecule has 5 N–H and O–H groups in total. The molecule has 13 heteroatoms. The SMILES string of the molecule is CCCNC1CC(C)O[C@@H](O[C@@H]2[C@@H](C)[C@H](O[C@H]3CC(C)(OC)[C@@H](O)C(C)O3)[C@@H](C)C(=O)O[C@@H]([C@](C)(O)[C@H](O)CC)[C@@H](C)C3=C(C)C[C@@]2(C)O3)C1O. The van der Waals surface area contributed by atoms with Gasteiger partial charge < -0.3 is 58.9 Å². The van der Waals surface area contributed by atoms with Gasteiger partial charge in [-0.3, -0.25) is 4.79 Å². The zero-order valence-electron chi connectivity index (χ0n) is 32.9. The largest absolute Gasteiger partial charge is 0.488 e. The number of rotatable bonds is 11. The van der Waals surface area contributed by atoms with Gasteiger partial charge >= 0.3 is 5.97 Å². The van der Waals surface area contributed by atoms with Crippen molar-refractivity contribution in [2.75, 3.05) is 13.7 Å². The number of esters is 1. The first-order valence-corrected chi connectivity index (χ1v) is 19.0. The number of fused-ring (bicyclic) bond motifs is 2. The number of hydrogen-bond donors (Lipinski definition) is 5. The van der Waals surface area contributed by atoms with Crippen LogP contribution in [0.25, 0.3) is 0 Å². The fourth-order valence-electron chi connectivity index (χ4n) is 8.77. The van der Waals surface area contributed by atoms with Crippen LogP contribution in [0.4, 0.5) is 0 Å². The predicted octanol–water partition coefficient (Wildman–Crippen LogP) is 3.33. The molecule has 296 valence electrons. The molecular weight excluding hydrogens is 662 g/mol. The van der Waals surface area contributed by atoms with Gasteiger partial charge in [0.2, 0.25) is 0 Å². The highest BCUT2D eigenvalue weighted by Crippen LogP contribution is 2.48. The van der Waals surface area contributed by atoms with Crippen LogP contribution in [0.5, 0.6) is 0 Å². The highest BCUT2D eigenvalue weighted by molar-refractivity contribution is 5.73. The molecule has 51 heavy (non-hydrogen) atoms. The minimum atomic E-state index is -1.82. The molecule has 4 aliphatic rings. The Morgan fingerprint density at radius 1 is 1.06 bits per heavy atom. The van der Waals surface area contributed by atoms with Crippen LogP contribution in [0.3, 0.4) is 0 Å². The van der Waals surface area contributed by atoms with E-state index in [4.69, 9.17) is 33.2 Å². The molecular formula is C38H67NO12. The molecule has 4 heterocycles. The van der Waals surface area contributed by atoms with E-state index in [2.05, 4.69) is 12.2 Å². The fraction of sp³-hybridized carbons (Fsp3) is 0.921. The molecule has 0 saturated carbocycles. The molecule has 4 aliphatic heterocycles. The van der Waals surface area contributed by atoms with E-state index >= 15 is 0 Å². The quantitative estimate of drug-likeness (QED) is 0.196. The molecule has 2 bridgehead atoms. The first kappa shape index (κ1) is 42.4. The van der Waals surface area contributed by atoms with Crippen molar-refractivity contribution in [3.63, 3.8) is 0 Å². The normalized spacial score (nSPS) is 45.7. The summed E-state index contributed by atoms with van der Waals surface area (Å²) in [5.74, 6) is -2.26. The lowest BCUT2D eigenvalue weighted by atomic mass is 9.78. The molecule has 0 aromatic rings. The molecule has 3 saturated heterocycles. The van der Waals surface area contributed by atoms with Crippen molar-refractivity contribution in [3.05, 3.63) is 11.3 Å². The van der Waals surface area contributed by atoms with Gasteiger partial charge in [0.25, 0.3) is 0 Å². The molecule has 13 nitrogen and oxygen atoms in total. The molecule has 0 spiro atoms. The van der Waals surface area contributed by atoms with Crippen molar-refractivity contribution < 1.29 is 58.4 Å². The lowest BCUT2D eigenvalue weighted by Crippen LogP contribution is -2.60. The standard InChI is InChI=1S/C38H67NO12/c1-13-15-39-25-16-20(4)46-35(28(25)41)50-32-22(6)30(48-27-18-36(9,45-12)31(42)24(8)47-27)23(7)34(43)49-33(38(11,44)26(40)14-2)21(5)29-19(3)17-37(32,10)51-29/h20-28,30-33,35,39-42,44H,13-18H2,1-12H3/t20?,21-,22-,23+,24?,25?,26+,27-,28?,30-,31-,32+,33+,35-,36?,37+,38+/m0/s1. The Hall–Kier alpha value is -1.39. The Balaban J connectivity index is 1.81. The van der Waals surface area contributed by atoms with E-state index in [0.717, 1.165) is 18.5 Å². The van der Waals surface area contributed by atoms with E-state index in [1.807, 2.05) is 34.6 Å². The summed E-state index contributed by atoms with van der Waals surface area (Å²) in [6, 6.07) is -0.256. The number of cyclic esters (lactones) is 1. The lowest BCUT2D eigenvalue weighted by Gasteiger charge is -2.48. The maximum atomic E-state index is 14.3. The minimum absolute atomic E-state index is 0.175. The smallest absolute Gasteiger partial charge is 0.311 e. The summed E-state index contributed by atoms with van der Waals surface area (Å²) < 4.78 is 44.9. The number of aliphatic hydroxyl groups is 4. The number of carbonyl (C=O) groups excluding carboxylic acids is 1. The van der Waals surface area contributed by atoms with E-state index < -0.39 is 95.8 Å². The van der Waals surface area contributed by atoms with Crippen LogP contribution in [-0.4, -0.2) is 124 Å². The van der Waals surface area contributed by atoms with Crippen molar-refractivity contribution in [1.29, 1.82) is 0 Å². The summed E-state index contributed by atoms with van der Waals surface area (Å²) in [4.78, 5) is 14.3. The molecule has 3 fully saturated rings. The second-order valence-corrected chi connectivity index (χ2v) is 16.4. The molecule has 0 aromatic carbocycles. The molecule has 0 aliphatic carbocycles. The van der Waals surface area contributed by atoms with Gasteiger partial charge in [-0.15, -0.1) is 0 Å². The van der Waals surface area contributed by atoms with E-state index in [0.29, 0.717) is 18.6 Å². The van der Waals surface area contributed by atoms with Crippen molar-refractivity contribution >= 4 is 5.97 Å². The molecule has 4 rings (SSSR count). The highest BCUT2D eigenvalue weighted by atomic mass is 16.7. The van der Waals surface area contributed by atoms with Gasteiger partial charge in [0.1, 0.15) is 41.4 Å². The third-order valence-electron chi connectivity index (χ3n) is 12.0. The van der Waals surface area contributed by atoms with Gasteiger partial charge in [-0.1, -0.05) is 27.7 Å². The molecule has 0 amide bonds. The van der Waals surface area contributed by atoms with E-state index in [1.165, 1.54) is 14.0 Å². The van der Waals surface area contributed by atoms with Gasteiger partial charge in [-0.05, 0) is 79.8 Å². The first-order valence-electron chi connectivity index (χ1n) is 19.0. The summed E-state index contributed by atoms with van der Waals surface area (Å²) in [7, 11) is 1.53. The van der Waals surface area contributed by atoms with Gasteiger partial charge in [-0.25, -0.2) is 0 Å². The van der Waals surface area contributed by atoms with E-state index in [1.54, 1.807) is 27.7 Å². The van der Waals surface area contributed by atoms with Crippen LogP contribution in [0.2, 0.25) is 0 Å². The van der Waals surface area contributed by atoms with Crippen LogP contribution in [0, 0.1) is 17.8 Å². The molecule has 0 radical (unpaired) electrons. The van der Waals surface area contributed by atoms with Gasteiger partial charge in [0, 0.05) is 31.9 Å². The van der Waals surface area contributed by atoms with Gasteiger partial charge in [0.15, 0.2) is 12.6 Å². The zero-order valence-corrected chi connectivity index (χ0v) is 32.9. The van der Waals surface area contributed by atoms with Crippen LogP contribution < -0.4 is 5.32 Å². The van der Waals surface area contributed by atoms with Crippen LogP contribution in [-0.2, 0) is 38.0 Å². The van der Waals surface area contributed by atoms with E-state index in [9.17, 15) is 25.2 Å². The van der Waals surface area contributed by atoms with Crippen molar-refractivity contribution in [1.82, 2.24) is 5.32 Å². The summed E-state index contributed by atoms with van der Waals surface area (Å²) in [5, 5.41) is 48.7. The van der Waals surface area contributed by atoms with Crippen molar-refractivity contribution in [3.8, 4) is 0 Å². The summed E-state index contributed by atoms with van der Waals surface area (Å²) in [6.45, 7) is 20.8. The number of ether oxygens (including phenoxy) is 7. The third kappa shape index (κ3) is 8.63. The molecule has 17 atom stereocenters. The third-order valence-corrected chi connectivity index (χ3v) is 12.0. The first-order chi connectivity index (χ1) is 23.7. The average molecular weight is 730 g/mol. The fourth-order valence-corrected chi connectivity index (χ4v) is 8.77. The number of aliphatic hydroxyl groups excluding tert-OH is 3. The topological polar surface area (TPSA) is 175 Å². The second-order valence-electron chi connectivity index (χ2n) is 16.4. The number of methoxy groups -OCH3 is 1. The molecule has 0 aromatic heterocycles. The Morgan fingerprint density at radius 2 is 1.73 bits per heavy atom. The number of hydrogen-bond acceptors (Lipinski definition) is 13. The Kier molecular flexibility index (Phi) is 13.7. The second kappa shape index (κ2) is 16.5. The van der Waals surface area contributed by atoms with Crippen LogP contribution in [0.1, 0.15) is 108 Å². The minimum Gasteiger partial charge on any atom is -0.488 e. The van der Waals surface area contributed by atoms with Gasteiger partial charge in [-0.2, -0.15) is 0 Å². The Morgan fingerprint density at radius 3 is 2.33 bits per heavy atom. The Labute approximate surface area is 304 Å². The van der Waals surface area contributed by atoms with E-state index in [-0.39, 0.29) is 25.0 Å². The zero-order chi connectivity index (χ0) is 38.2. The van der Waals surface area contributed by atoms with Crippen molar-refractivity contribution in [2.45, 2.75) is 193 Å². The number of nitrogens with one attached hydrogen (secondary N) is 1. The monoisotopic (exact) mass is 729 g/mol. The lowest BCUT2D eigenvalue weighted by molar-refractivity contribution is -0.314. The predicted molar refractivity (Wildman–Crippen MR) is 188 cm³/mol. The Bertz CT molecular complexity index is 1220. The summed E-state index contributed by atoms with van der Waals surface area (Å²) in [6.07, 6.45) is -6.37. The number of carbonyl (C=O) groups is 1. The summed E-state index contributed by atoms with van der Waals surface area (Å²) >= 11 is 0. The van der Waals surface area contributed by atoms with Crippen LogP contribution in [0.15, 0.2) is 11.3 Å². The molecule has 5 unspecified atom stereocenters. The average Bonchev–Trinajstić information content (AvgIpc) is 3.39.